The first-order valence-electron chi connectivity index (χ1n) is 6.33. The fourth-order valence-corrected chi connectivity index (χ4v) is 2.27. The fraction of sp³-hybridized carbons (Fsp3) is 0.250. The minimum Gasteiger partial charge on any atom is -0.493 e. The zero-order valence-corrected chi connectivity index (χ0v) is 12.7. The first-order chi connectivity index (χ1) is 9.97. The summed E-state index contributed by atoms with van der Waals surface area (Å²) in [6.07, 6.45) is -0.975. The molecule has 0 amide bonds. The van der Waals surface area contributed by atoms with Gasteiger partial charge in [-0.1, -0.05) is 17.7 Å². The Bertz CT molecular complexity index is 658. The molecule has 112 valence electrons. The zero-order valence-electron chi connectivity index (χ0n) is 12.0. The van der Waals surface area contributed by atoms with E-state index in [0.29, 0.717) is 22.6 Å². The lowest BCUT2D eigenvalue weighted by molar-refractivity contribution is 0.218. The van der Waals surface area contributed by atoms with Crippen molar-refractivity contribution in [3.8, 4) is 11.5 Å². The number of hydrogen-bond donors (Lipinski definition) is 1. The lowest BCUT2D eigenvalue weighted by Crippen LogP contribution is -2.04. The van der Waals surface area contributed by atoms with E-state index >= 15 is 0 Å². The van der Waals surface area contributed by atoms with Gasteiger partial charge in [-0.3, -0.25) is 0 Å². The molecule has 21 heavy (non-hydrogen) atoms. The quantitative estimate of drug-likeness (QED) is 0.931. The number of methoxy groups -OCH3 is 2. The molecule has 0 saturated heterocycles. The van der Waals surface area contributed by atoms with Crippen LogP contribution in [-0.2, 0) is 0 Å². The minimum atomic E-state index is -0.975. The van der Waals surface area contributed by atoms with Gasteiger partial charge in [0.1, 0.15) is 11.9 Å². The highest BCUT2D eigenvalue weighted by molar-refractivity contribution is 6.30. The number of rotatable bonds is 4. The Morgan fingerprint density at radius 3 is 2.29 bits per heavy atom. The summed E-state index contributed by atoms with van der Waals surface area (Å²) < 4.78 is 24.0. The molecule has 0 aromatic heterocycles. The van der Waals surface area contributed by atoms with Gasteiger partial charge in [0.05, 0.1) is 19.2 Å². The van der Waals surface area contributed by atoms with E-state index in [4.69, 9.17) is 21.1 Å². The van der Waals surface area contributed by atoms with Crippen molar-refractivity contribution in [1.29, 1.82) is 0 Å². The molecule has 0 spiro atoms. The summed E-state index contributed by atoms with van der Waals surface area (Å²) in [6.45, 7) is 1.84. The van der Waals surface area contributed by atoms with Gasteiger partial charge in [-0.2, -0.15) is 0 Å². The molecule has 0 fully saturated rings. The van der Waals surface area contributed by atoms with E-state index in [1.807, 2.05) is 6.92 Å². The Morgan fingerprint density at radius 1 is 1.10 bits per heavy atom. The Labute approximate surface area is 127 Å². The standard InChI is InChI=1S/C16H16ClFO3/c1-9-6-14(20-2)15(21-3)8-11(9)16(19)10-4-5-12(17)13(18)7-10/h4-8,16,19H,1-3H3. The summed E-state index contributed by atoms with van der Waals surface area (Å²) in [4.78, 5) is 0. The number of benzene rings is 2. The summed E-state index contributed by atoms with van der Waals surface area (Å²) in [5, 5.41) is 10.5. The highest BCUT2D eigenvalue weighted by Crippen LogP contribution is 2.35. The highest BCUT2D eigenvalue weighted by Gasteiger charge is 2.18. The number of halogens is 2. The summed E-state index contributed by atoms with van der Waals surface area (Å²) >= 11 is 5.66. The molecule has 3 nitrogen and oxygen atoms in total. The van der Waals surface area contributed by atoms with E-state index < -0.39 is 11.9 Å². The van der Waals surface area contributed by atoms with Crippen LogP contribution >= 0.6 is 11.6 Å². The molecule has 5 heteroatoms. The van der Waals surface area contributed by atoms with Gasteiger partial charge in [0.25, 0.3) is 0 Å². The van der Waals surface area contributed by atoms with Crippen LogP contribution in [-0.4, -0.2) is 19.3 Å². The molecule has 0 aliphatic rings. The van der Waals surface area contributed by atoms with Crippen LogP contribution in [0.15, 0.2) is 30.3 Å². The first-order valence-corrected chi connectivity index (χ1v) is 6.71. The highest BCUT2D eigenvalue weighted by atomic mass is 35.5. The van der Waals surface area contributed by atoms with Crippen LogP contribution in [0, 0.1) is 12.7 Å². The van der Waals surface area contributed by atoms with Crippen molar-refractivity contribution in [2.75, 3.05) is 14.2 Å². The molecular formula is C16H16ClFO3. The maximum Gasteiger partial charge on any atom is 0.161 e. The molecule has 2 rings (SSSR count). The third kappa shape index (κ3) is 3.12. The molecule has 0 radical (unpaired) electrons. The lowest BCUT2D eigenvalue weighted by atomic mass is 9.97. The maximum absolute atomic E-state index is 13.5. The molecule has 0 aliphatic carbocycles. The topological polar surface area (TPSA) is 38.7 Å². The van der Waals surface area contributed by atoms with Crippen molar-refractivity contribution in [1.82, 2.24) is 0 Å². The van der Waals surface area contributed by atoms with Crippen molar-refractivity contribution in [2.24, 2.45) is 0 Å². The van der Waals surface area contributed by atoms with Crippen LogP contribution in [0.1, 0.15) is 22.8 Å². The largest absolute Gasteiger partial charge is 0.493 e. The number of aliphatic hydroxyl groups is 1. The first kappa shape index (κ1) is 15.6. The molecule has 1 atom stereocenters. The van der Waals surface area contributed by atoms with Gasteiger partial charge in [-0.15, -0.1) is 0 Å². The van der Waals surface area contributed by atoms with Gasteiger partial charge in [-0.05, 0) is 47.9 Å². The van der Waals surface area contributed by atoms with Crippen LogP contribution in [0.3, 0.4) is 0 Å². The summed E-state index contributed by atoms with van der Waals surface area (Å²) in [5.74, 6) is 0.520. The van der Waals surface area contributed by atoms with Gasteiger partial charge in [-0.25, -0.2) is 4.39 Å². The van der Waals surface area contributed by atoms with Crippen LogP contribution in [0.25, 0.3) is 0 Å². The van der Waals surface area contributed by atoms with Gasteiger partial charge in [0.2, 0.25) is 0 Å². The zero-order chi connectivity index (χ0) is 15.6. The Morgan fingerprint density at radius 2 is 1.71 bits per heavy atom. The second-order valence-corrected chi connectivity index (χ2v) is 5.05. The summed E-state index contributed by atoms with van der Waals surface area (Å²) in [7, 11) is 3.06. The number of ether oxygens (including phenoxy) is 2. The second-order valence-electron chi connectivity index (χ2n) is 4.64. The Kier molecular flexibility index (Phi) is 4.70. The summed E-state index contributed by atoms with van der Waals surface area (Å²) in [5.41, 5.74) is 1.86. The average Bonchev–Trinajstić information content (AvgIpc) is 2.49. The number of aryl methyl sites for hydroxylation is 1. The fourth-order valence-electron chi connectivity index (χ4n) is 2.15. The number of hydrogen-bond acceptors (Lipinski definition) is 3. The van der Waals surface area contributed by atoms with E-state index in [-0.39, 0.29) is 5.02 Å². The van der Waals surface area contributed by atoms with E-state index in [9.17, 15) is 9.50 Å². The van der Waals surface area contributed by atoms with Gasteiger partial charge < -0.3 is 14.6 Å². The van der Waals surface area contributed by atoms with Crippen LogP contribution < -0.4 is 9.47 Å². The lowest BCUT2D eigenvalue weighted by Gasteiger charge is -2.17. The monoisotopic (exact) mass is 310 g/mol. The molecule has 0 bridgehead atoms. The molecular weight excluding hydrogens is 295 g/mol. The molecule has 0 saturated carbocycles. The van der Waals surface area contributed by atoms with E-state index in [0.717, 1.165) is 5.56 Å². The molecule has 1 unspecified atom stereocenters. The van der Waals surface area contributed by atoms with Crippen LogP contribution in [0.4, 0.5) is 4.39 Å². The van der Waals surface area contributed by atoms with Gasteiger partial charge >= 0.3 is 0 Å². The SMILES string of the molecule is COc1cc(C)c(C(O)c2ccc(Cl)c(F)c2)cc1OC. The van der Waals surface area contributed by atoms with Crippen molar-refractivity contribution in [2.45, 2.75) is 13.0 Å². The second kappa shape index (κ2) is 6.33. The maximum atomic E-state index is 13.5. The average molecular weight is 311 g/mol. The van der Waals surface area contributed by atoms with Crippen molar-refractivity contribution in [3.05, 3.63) is 57.9 Å². The van der Waals surface area contributed by atoms with Gasteiger partial charge in [0, 0.05) is 0 Å². The smallest absolute Gasteiger partial charge is 0.161 e. The van der Waals surface area contributed by atoms with E-state index in [1.54, 1.807) is 25.3 Å². The predicted molar refractivity (Wildman–Crippen MR) is 79.8 cm³/mol. The van der Waals surface area contributed by atoms with Crippen molar-refractivity contribution < 1.29 is 19.0 Å². The van der Waals surface area contributed by atoms with E-state index in [1.165, 1.54) is 19.2 Å². The molecule has 1 N–H and O–H groups in total. The normalized spacial score (nSPS) is 12.1. The molecule has 2 aromatic carbocycles. The minimum absolute atomic E-state index is 0.0231. The summed E-state index contributed by atoms with van der Waals surface area (Å²) in [6, 6.07) is 7.69. The molecule has 0 aliphatic heterocycles. The number of aliphatic hydroxyl groups excluding tert-OH is 1. The van der Waals surface area contributed by atoms with E-state index in [2.05, 4.69) is 0 Å². The van der Waals surface area contributed by atoms with Crippen LogP contribution in [0.5, 0.6) is 11.5 Å². The predicted octanol–water partition coefficient (Wildman–Crippen LogP) is 3.89. The van der Waals surface area contributed by atoms with Crippen molar-refractivity contribution in [3.63, 3.8) is 0 Å². The Balaban J connectivity index is 2.47. The van der Waals surface area contributed by atoms with Crippen molar-refractivity contribution >= 4 is 11.6 Å². The van der Waals surface area contributed by atoms with Gasteiger partial charge in [0.15, 0.2) is 11.5 Å². The molecule has 2 aromatic rings. The van der Waals surface area contributed by atoms with Crippen LogP contribution in [0.2, 0.25) is 5.02 Å². The molecule has 0 heterocycles. The Hall–Kier alpha value is -1.78. The third-order valence-electron chi connectivity index (χ3n) is 3.33. The third-order valence-corrected chi connectivity index (χ3v) is 3.63.